The number of para-hydroxylation sites is 3. The number of nitrogens with zero attached hydrogens (tertiary/aromatic N) is 5. The molecule has 5 nitrogen and oxygen atoms in total. The normalized spacial score (nSPS) is 21.7. The van der Waals surface area contributed by atoms with Gasteiger partial charge in [-0.15, -0.1) is 0 Å². The van der Waals surface area contributed by atoms with Gasteiger partial charge in [-0.3, -0.25) is 9.13 Å². The van der Waals surface area contributed by atoms with Gasteiger partial charge in [0.2, 0.25) is 0 Å². The number of aromatic nitrogens is 4. The Morgan fingerprint density at radius 2 is 0.917 bits per heavy atom. The van der Waals surface area contributed by atoms with Crippen molar-refractivity contribution in [2.75, 3.05) is 4.90 Å². The SMILES string of the molecule is c1ccc(-c2nc(-n3c4ccccc4c4ccccc43)cc(-n3c4ccccc4c4cc(N5C6CC7CC(C6)CC5C7)ccc43)n2)cc1. The van der Waals surface area contributed by atoms with E-state index in [1.807, 2.05) is 6.07 Å². The van der Waals surface area contributed by atoms with Gasteiger partial charge in [0.05, 0.1) is 22.1 Å². The number of anilines is 1. The molecule has 5 heteroatoms. The van der Waals surface area contributed by atoms with E-state index in [1.54, 1.807) is 0 Å². The minimum absolute atomic E-state index is 0.691. The maximum Gasteiger partial charge on any atom is 0.163 e. The van der Waals surface area contributed by atoms with Gasteiger partial charge < -0.3 is 4.90 Å². The Morgan fingerprint density at radius 1 is 0.438 bits per heavy atom. The van der Waals surface area contributed by atoms with Crippen LogP contribution < -0.4 is 4.90 Å². The van der Waals surface area contributed by atoms with Gasteiger partial charge in [-0.25, -0.2) is 9.97 Å². The minimum atomic E-state index is 0.691. The molecule has 48 heavy (non-hydrogen) atoms. The van der Waals surface area contributed by atoms with Gasteiger partial charge in [0, 0.05) is 50.9 Å². The van der Waals surface area contributed by atoms with Crippen LogP contribution in [0.4, 0.5) is 5.69 Å². The van der Waals surface area contributed by atoms with Crippen molar-refractivity contribution in [1.82, 2.24) is 19.1 Å². The van der Waals surface area contributed by atoms with Crippen LogP contribution in [0.15, 0.2) is 127 Å². The van der Waals surface area contributed by atoms with Crippen LogP contribution in [0, 0.1) is 11.8 Å². The third-order valence-electron chi connectivity index (χ3n) is 11.6. The predicted octanol–water partition coefficient (Wildman–Crippen LogP) is 10.1. The number of benzene rings is 5. The van der Waals surface area contributed by atoms with Crippen LogP contribution in [-0.2, 0) is 0 Å². The first kappa shape index (κ1) is 26.6. The maximum atomic E-state index is 5.32. The van der Waals surface area contributed by atoms with E-state index in [0.717, 1.165) is 45.6 Å². The molecule has 8 aromatic rings. The molecule has 4 aliphatic rings. The molecule has 0 radical (unpaired) electrons. The Hall–Kier alpha value is -5.42. The number of hydrogen-bond donors (Lipinski definition) is 0. The smallest absolute Gasteiger partial charge is 0.163 e. The molecule has 2 saturated carbocycles. The van der Waals surface area contributed by atoms with Crippen molar-refractivity contribution in [3.8, 4) is 23.0 Å². The summed E-state index contributed by atoms with van der Waals surface area (Å²) in [6, 6.07) is 47.2. The van der Waals surface area contributed by atoms with Gasteiger partial charge in [-0.05, 0) is 80.3 Å². The highest BCUT2D eigenvalue weighted by atomic mass is 15.2. The number of hydrogen-bond acceptors (Lipinski definition) is 3. The lowest BCUT2D eigenvalue weighted by atomic mass is 9.63. The van der Waals surface area contributed by atoms with E-state index in [0.29, 0.717) is 17.9 Å². The van der Waals surface area contributed by atoms with Crippen LogP contribution in [-0.4, -0.2) is 31.2 Å². The quantitative estimate of drug-likeness (QED) is 0.196. The van der Waals surface area contributed by atoms with Crippen LogP contribution in [0.2, 0.25) is 0 Å². The molecule has 0 N–H and O–H groups in total. The molecule has 0 spiro atoms. The lowest BCUT2D eigenvalue weighted by Gasteiger charge is -2.57. The number of piperidine rings is 2. The summed E-state index contributed by atoms with van der Waals surface area (Å²) in [6.07, 6.45) is 6.92. The van der Waals surface area contributed by atoms with Crippen LogP contribution >= 0.6 is 0 Å². The van der Waals surface area contributed by atoms with Gasteiger partial charge in [-0.1, -0.05) is 84.9 Å². The molecule has 4 fully saturated rings. The van der Waals surface area contributed by atoms with Gasteiger partial charge in [-0.2, -0.15) is 0 Å². The van der Waals surface area contributed by atoms with E-state index in [-0.39, 0.29) is 0 Å². The first-order valence-electron chi connectivity index (χ1n) is 17.5. The van der Waals surface area contributed by atoms with E-state index in [2.05, 4.69) is 135 Å². The van der Waals surface area contributed by atoms with Crippen LogP contribution in [0.25, 0.3) is 66.6 Å². The van der Waals surface area contributed by atoms with Crippen molar-refractivity contribution in [3.05, 3.63) is 127 Å². The first-order valence-corrected chi connectivity index (χ1v) is 17.5. The fourth-order valence-electron chi connectivity index (χ4n) is 9.86. The van der Waals surface area contributed by atoms with Gasteiger partial charge >= 0.3 is 0 Å². The van der Waals surface area contributed by atoms with E-state index >= 15 is 0 Å². The summed E-state index contributed by atoms with van der Waals surface area (Å²) in [4.78, 5) is 13.4. The molecule has 4 bridgehead atoms. The molecule has 0 amide bonds. The molecule has 2 aliphatic heterocycles. The summed E-state index contributed by atoms with van der Waals surface area (Å²) < 4.78 is 4.65. The van der Waals surface area contributed by atoms with E-state index in [4.69, 9.17) is 9.97 Å². The second kappa shape index (κ2) is 10.0. The van der Waals surface area contributed by atoms with Crippen molar-refractivity contribution in [2.24, 2.45) is 11.8 Å². The summed E-state index contributed by atoms with van der Waals surface area (Å²) in [5, 5.41) is 4.99. The van der Waals surface area contributed by atoms with Gasteiger partial charge in [0.25, 0.3) is 0 Å². The molecule has 3 aromatic heterocycles. The third kappa shape index (κ3) is 3.85. The monoisotopic (exact) mass is 621 g/mol. The van der Waals surface area contributed by atoms with Crippen molar-refractivity contribution in [3.63, 3.8) is 0 Å². The highest BCUT2D eigenvalue weighted by molar-refractivity contribution is 6.11. The van der Waals surface area contributed by atoms with Crippen molar-refractivity contribution in [2.45, 2.75) is 44.2 Å². The van der Waals surface area contributed by atoms with Gasteiger partial charge in [0.1, 0.15) is 11.6 Å². The first-order chi connectivity index (χ1) is 23.8. The van der Waals surface area contributed by atoms with Crippen LogP contribution in [0.3, 0.4) is 0 Å². The summed E-state index contributed by atoms with van der Waals surface area (Å²) in [5.74, 6) is 4.32. The highest BCUT2D eigenvalue weighted by Gasteiger charge is 2.46. The van der Waals surface area contributed by atoms with E-state index in [9.17, 15) is 0 Å². The topological polar surface area (TPSA) is 38.9 Å². The fourth-order valence-corrected chi connectivity index (χ4v) is 9.86. The average Bonchev–Trinajstić information content (AvgIpc) is 3.64. The molecule has 2 saturated heterocycles. The summed E-state index contributed by atoms with van der Waals surface area (Å²) in [6.45, 7) is 0. The summed E-state index contributed by atoms with van der Waals surface area (Å²) in [7, 11) is 0. The van der Waals surface area contributed by atoms with Crippen molar-refractivity contribution < 1.29 is 0 Å². The second-order valence-electron chi connectivity index (χ2n) is 14.3. The third-order valence-corrected chi connectivity index (χ3v) is 11.6. The zero-order valence-corrected chi connectivity index (χ0v) is 26.7. The fraction of sp³-hybridized carbons (Fsp3) is 0.209. The van der Waals surface area contributed by atoms with Gasteiger partial charge in [0.15, 0.2) is 5.82 Å². The van der Waals surface area contributed by atoms with Crippen molar-refractivity contribution in [1.29, 1.82) is 0 Å². The molecule has 2 aliphatic carbocycles. The largest absolute Gasteiger partial charge is 0.366 e. The standard InChI is InChI=1S/C43H35N5/c1-2-10-29(11-3-1)43-44-41(47-37-15-7-4-12-33(37)34-13-5-8-16-38(34)47)26-42(45-43)48-39-17-9-6-14-35(39)36-25-30(18-19-40(36)48)46-31-21-27-20-28(23-31)24-32(46)22-27/h1-19,25-28,31-32H,20-24H2. The summed E-state index contributed by atoms with van der Waals surface area (Å²) in [5.41, 5.74) is 7.00. The predicted molar refractivity (Wildman–Crippen MR) is 196 cm³/mol. The lowest BCUT2D eigenvalue weighted by molar-refractivity contribution is 0.0900. The molecular formula is C43H35N5. The zero-order valence-electron chi connectivity index (χ0n) is 26.7. The zero-order chi connectivity index (χ0) is 31.3. The molecular weight excluding hydrogens is 587 g/mol. The lowest BCUT2D eigenvalue weighted by Crippen LogP contribution is -2.58. The molecule has 5 heterocycles. The van der Waals surface area contributed by atoms with Crippen LogP contribution in [0.1, 0.15) is 32.1 Å². The number of fused-ring (bicyclic) bond motifs is 6. The molecule has 12 rings (SSSR count). The maximum absolute atomic E-state index is 5.32. The highest BCUT2D eigenvalue weighted by Crippen LogP contribution is 2.51. The number of rotatable bonds is 4. The Morgan fingerprint density at radius 3 is 1.48 bits per heavy atom. The summed E-state index contributed by atoms with van der Waals surface area (Å²) >= 11 is 0. The Balaban J connectivity index is 1.16. The van der Waals surface area contributed by atoms with E-state index in [1.165, 1.54) is 64.9 Å². The van der Waals surface area contributed by atoms with E-state index < -0.39 is 0 Å². The second-order valence-corrected chi connectivity index (χ2v) is 14.3. The minimum Gasteiger partial charge on any atom is -0.366 e. The Kier molecular flexibility index (Phi) is 5.57. The average molecular weight is 622 g/mol. The Labute approximate surface area is 279 Å². The molecule has 5 aromatic carbocycles. The molecule has 0 unspecified atom stereocenters. The van der Waals surface area contributed by atoms with Crippen molar-refractivity contribution >= 4 is 49.3 Å². The molecule has 232 valence electrons. The Bertz CT molecular complexity index is 2460. The van der Waals surface area contributed by atoms with Crippen LogP contribution in [0.5, 0.6) is 0 Å². The molecule has 0 atom stereocenters.